The maximum absolute atomic E-state index is 11.5. The molecule has 0 radical (unpaired) electrons. The van der Waals surface area contributed by atoms with Gasteiger partial charge in [0.2, 0.25) is 0 Å². The van der Waals surface area contributed by atoms with Gasteiger partial charge in [0.25, 0.3) is 0 Å². The first kappa shape index (κ1) is 17.2. The van der Waals surface area contributed by atoms with E-state index in [1.165, 1.54) is 0 Å². The second-order valence-corrected chi connectivity index (χ2v) is 12.9. The van der Waals surface area contributed by atoms with Crippen LogP contribution in [0.15, 0.2) is 0 Å². The SMILES string of the molecule is CC(C)(CCC[C@@H]1C[C@@H]2CC(=O)CC[C@@H]2O1)O[Si](C)(C)C. The summed E-state index contributed by atoms with van der Waals surface area (Å²) in [6.07, 6.45) is 7.60. The molecule has 1 aliphatic carbocycles. The van der Waals surface area contributed by atoms with E-state index < -0.39 is 8.32 Å². The van der Waals surface area contributed by atoms with Crippen LogP contribution >= 0.6 is 0 Å². The Bertz CT molecular complexity index is 373. The van der Waals surface area contributed by atoms with E-state index >= 15 is 0 Å². The maximum atomic E-state index is 11.5. The fraction of sp³-hybridized carbons (Fsp3) is 0.941. The number of rotatable bonds is 6. The van der Waals surface area contributed by atoms with E-state index in [2.05, 4.69) is 33.5 Å². The number of ketones is 1. The quantitative estimate of drug-likeness (QED) is 0.685. The first-order chi connectivity index (χ1) is 9.65. The van der Waals surface area contributed by atoms with E-state index in [-0.39, 0.29) is 5.60 Å². The molecule has 2 rings (SSSR count). The summed E-state index contributed by atoms with van der Waals surface area (Å²) in [6.45, 7) is 11.2. The van der Waals surface area contributed by atoms with Gasteiger partial charge in [0.15, 0.2) is 8.32 Å². The lowest BCUT2D eigenvalue weighted by Crippen LogP contribution is -2.38. The van der Waals surface area contributed by atoms with Crippen molar-refractivity contribution in [3.63, 3.8) is 0 Å². The Balaban J connectivity index is 1.71. The molecule has 0 aromatic carbocycles. The van der Waals surface area contributed by atoms with Crippen molar-refractivity contribution in [2.24, 2.45) is 5.92 Å². The molecule has 3 atom stereocenters. The standard InChI is InChI=1S/C17H32O3Si/c1-17(2,20-21(3,4)5)10-6-7-15-12-13-11-14(18)8-9-16(13)19-15/h13,15-16H,6-12H2,1-5H3/t13-,15+,16-/m0/s1. The molecule has 2 aliphatic rings. The Hall–Kier alpha value is -0.193. The number of hydrogen-bond donors (Lipinski definition) is 0. The van der Waals surface area contributed by atoms with Crippen LogP contribution in [-0.4, -0.2) is 31.9 Å². The van der Waals surface area contributed by atoms with E-state index in [1.54, 1.807) is 0 Å². The van der Waals surface area contributed by atoms with Crippen molar-refractivity contribution in [3.8, 4) is 0 Å². The highest BCUT2D eigenvalue weighted by Gasteiger charge is 2.39. The molecule has 0 N–H and O–H groups in total. The molecule has 21 heavy (non-hydrogen) atoms. The van der Waals surface area contributed by atoms with Crippen LogP contribution in [0.3, 0.4) is 0 Å². The van der Waals surface area contributed by atoms with E-state index in [0.717, 1.165) is 44.9 Å². The van der Waals surface area contributed by atoms with Crippen molar-refractivity contribution in [1.29, 1.82) is 0 Å². The van der Waals surface area contributed by atoms with Crippen molar-refractivity contribution in [2.45, 2.75) is 96.2 Å². The van der Waals surface area contributed by atoms with E-state index in [9.17, 15) is 4.79 Å². The third-order valence-electron chi connectivity index (χ3n) is 4.54. The van der Waals surface area contributed by atoms with Crippen LogP contribution in [0.5, 0.6) is 0 Å². The summed E-state index contributed by atoms with van der Waals surface area (Å²) in [6, 6.07) is 0. The third-order valence-corrected chi connectivity index (χ3v) is 5.71. The summed E-state index contributed by atoms with van der Waals surface area (Å²) >= 11 is 0. The molecule has 0 amide bonds. The highest BCUT2D eigenvalue weighted by Crippen LogP contribution is 2.38. The molecule has 0 aromatic rings. The minimum Gasteiger partial charge on any atom is -0.413 e. The lowest BCUT2D eigenvalue weighted by atomic mass is 9.84. The van der Waals surface area contributed by atoms with Gasteiger partial charge in [-0.15, -0.1) is 0 Å². The molecule has 1 aliphatic heterocycles. The highest BCUT2D eigenvalue weighted by molar-refractivity contribution is 6.69. The Kier molecular flexibility index (Phi) is 5.32. The Labute approximate surface area is 130 Å². The smallest absolute Gasteiger partial charge is 0.184 e. The summed E-state index contributed by atoms with van der Waals surface area (Å²) in [4.78, 5) is 11.5. The molecule has 1 saturated heterocycles. The number of Topliss-reactive ketones (excluding diaryl/α,β-unsaturated/α-hetero) is 1. The van der Waals surface area contributed by atoms with Crippen molar-refractivity contribution in [2.75, 3.05) is 0 Å². The highest BCUT2D eigenvalue weighted by atomic mass is 28.4. The van der Waals surface area contributed by atoms with Gasteiger partial charge in [-0.25, -0.2) is 0 Å². The molecule has 0 bridgehead atoms. The van der Waals surface area contributed by atoms with E-state index in [4.69, 9.17) is 9.16 Å². The van der Waals surface area contributed by atoms with Gasteiger partial charge < -0.3 is 9.16 Å². The Morgan fingerprint density at radius 3 is 2.71 bits per heavy atom. The van der Waals surface area contributed by atoms with E-state index in [0.29, 0.717) is 23.9 Å². The molecule has 4 heteroatoms. The molecule has 3 nitrogen and oxygen atoms in total. The Morgan fingerprint density at radius 1 is 1.33 bits per heavy atom. The number of carbonyl (C=O) groups excluding carboxylic acids is 1. The summed E-state index contributed by atoms with van der Waals surface area (Å²) in [5.41, 5.74) is -0.0220. The van der Waals surface area contributed by atoms with E-state index in [1.807, 2.05) is 0 Å². The lowest BCUT2D eigenvalue weighted by molar-refractivity contribution is -0.123. The lowest BCUT2D eigenvalue weighted by Gasteiger charge is -2.33. The van der Waals surface area contributed by atoms with Gasteiger partial charge in [0, 0.05) is 12.8 Å². The zero-order chi connectivity index (χ0) is 15.7. The normalized spacial score (nSPS) is 30.5. The first-order valence-corrected chi connectivity index (χ1v) is 11.9. The zero-order valence-corrected chi connectivity index (χ0v) is 15.4. The third kappa shape index (κ3) is 5.50. The van der Waals surface area contributed by atoms with Gasteiger partial charge in [-0.05, 0) is 71.5 Å². The molecular weight excluding hydrogens is 280 g/mol. The molecule has 0 unspecified atom stereocenters. The van der Waals surface area contributed by atoms with Crippen LogP contribution < -0.4 is 0 Å². The molecule has 122 valence electrons. The van der Waals surface area contributed by atoms with Crippen LogP contribution in [0.1, 0.15) is 58.8 Å². The van der Waals surface area contributed by atoms with Crippen LogP contribution in [0.4, 0.5) is 0 Å². The van der Waals surface area contributed by atoms with Gasteiger partial charge in [-0.1, -0.05) is 0 Å². The zero-order valence-electron chi connectivity index (χ0n) is 14.4. The number of carbonyl (C=O) groups is 1. The fourth-order valence-corrected chi connectivity index (χ4v) is 5.70. The van der Waals surface area contributed by atoms with Crippen molar-refractivity contribution >= 4 is 14.1 Å². The van der Waals surface area contributed by atoms with Crippen LogP contribution in [0, 0.1) is 5.92 Å². The predicted molar refractivity (Wildman–Crippen MR) is 88.0 cm³/mol. The second kappa shape index (κ2) is 6.51. The molecular formula is C17H32O3Si. The maximum Gasteiger partial charge on any atom is 0.184 e. The Morgan fingerprint density at radius 2 is 2.05 bits per heavy atom. The minimum atomic E-state index is -1.48. The van der Waals surface area contributed by atoms with Gasteiger partial charge in [0.1, 0.15) is 5.78 Å². The largest absolute Gasteiger partial charge is 0.413 e. The predicted octanol–water partition coefficient (Wildman–Crippen LogP) is 4.31. The fourth-order valence-electron chi connectivity index (χ4n) is 3.94. The summed E-state index contributed by atoms with van der Waals surface area (Å²) < 4.78 is 12.4. The molecule has 1 saturated carbocycles. The van der Waals surface area contributed by atoms with Crippen molar-refractivity contribution in [1.82, 2.24) is 0 Å². The second-order valence-electron chi connectivity index (χ2n) is 8.44. The summed E-state index contributed by atoms with van der Waals surface area (Å²) in [7, 11) is -1.48. The van der Waals surface area contributed by atoms with Crippen LogP contribution in [0.2, 0.25) is 19.6 Å². The average Bonchev–Trinajstić information content (AvgIpc) is 2.66. The summed E-state index contributed by atoms with van der Waals surface area (Å²) in [5, 5.41) is 0. The number of hydrogen-bond acceptors (Lipinski definition) is 3. The van der Waals surface area contributed by atoms with Gasteiger partial charge >= 0.3 is 0 Å². The topological polar surface area (TPSA) is 35.5 Å². The minimum absolute atomic E-state index is 0.0220. The van der Waals surface area contributed by atoms with Crippen molar-refractivity contribution < 1.29 is 14.0 Å². The summed E-state index contributed by atoms with van der Waals surface area (Å²) in [5.74, 6) is 0.938. The number of ether oxygens (including phenoxy) is 1. The van der Waals surface area contributed by atoms with Crippen LogP contribution in [-0.2, 0) is 14.0 Å². The number of fused-ring (bicyclic) bond motifs is 1. The molecule has 1 heterocycles. The van der Waals surface area contributed by atoms with Crippen molar-refractivity contribution in [3.05, 3.63) is 0 Å². The first-order valence-electron chi connectivity index (χ1n) is 8.52. The average molecular weight is 313 g/mol. The molecule has 0 aromatic heterocycles. The van der Waals surface area contributed by atoms with Gasteiger partial charge in [0.05, 0.1) is 17.8 Å². The van der Waals surface area contributed by atoms with Gasteiger partial charge in [-0.3, -0.25) is 4.79 Å². The van der Waals surface area contributed by atoms with Crippen LogP contribution in [0.25, 0.3) is 0 Å². The monoisotopic (exact) mass is 312 g/mol. The molecule has 2 fully saturated rings. The van der Waals surface area contributed by atoms with Gasteiger partial charge in [-0.2, -0.15) is 0 Å². The molecule has 0 spiro atoms.